The number of nitriles is 1. The van der Waals surface area contributed by atoms with E-state index in [9.17, 15) is 0 Å². The smallest absolute Gasteiger partial charge is 0.133 e. The molecule has 0 spiro atoms. The molecule has 1 N–H and O–H groups in total. The molecule has 0 saturated heterocycles. The van der Waals surface area contributed by atoms with E-state index in [0.717, 1.165) is 17.3 Å². The van der Waals surface area contributed by atoms with E-state index in [1.807, 2.05) is 32.9 Å². The van der Waals surface area contributed by atoms with Crippen LogP contribution in [0.15, 0.2) is 6.07 Å². The molecule has 1 aromatic rings. The van der Waals surface area contributed by atoms with Crippen molar-refractivity contribution in [3.05, 3.63) is 17.6 Å². The average molecular weight is 190 g/mol. The molecule has 1 heterocycles. The van der Waals surface area contributed by atoms with E-state index >= 15 is 0 Å². The molecule has 14 heavy (non-hydrogen) atoms. The molecule has 0 aliphatic heterocycles. The molecular formula is C10H14N4. The summed E-state index contributed by atoms with van der Waals surface area (Å²) in [6, 6.07) is 3.85. The second-order valence-corrected chi connectivity index (χ2v) is 3.42. The van der Waals surface area contributed by atoms with Gasteiger partial charge in [-0.3, -0.25) is 0 Å². The van der Waals surface area contributed by atoms with E-state index in [1.54, 1.807) is 0 Å². The van der Waals surface area contributed by atoms with Gasteiger partial charge in [-0.1, -0.05) is 13.8 Å². The summed E-state index contributed by atoms with van der Waals surface area (Å²) in [6.07, 6.45) is 0. The first-order chi connectivity index (χ1) is 6.63. The zero-order valence-corrected chi connectivity index (χ0v) is 8.70. The maximum atomic E-state index is 8.42. The predicted molar refractivity (Wildman–Crippen MR) is 55.0 cm³/mol. The fourth-order valence-electron chi connectivity index (χ4n) is 1.07. The van der Waals surface area contributed by atoms with Crippen molar-refractivity contribution in [3.8, 4) is 6.07 Å². The normalized spacial score (nSPS) is 9.93. The Balaban J connectivity index is 2.90. The quantitative estimate of drug-likeness (QED) is 0.739. The molecule has 0 amide bonds. The molecule has 1 rings (SSSR count). The molecule has 0 bridgehead atoms. The molecule has 0 aliphatic carbocycles. The fraction of sp³-hybridized carbons (Fsp3) is 0.500. The van der Waals surface area contributed by atoms with Crippen molar-refractivity contribution in [2.75, 3.05) is 11.9 Å². The van der Waals surface area contributed by atoms with E-state index in [2.05, 4.69) is 15.3 Å². The highest BCUT2D eigenvalue weighted by Crippen LogP contribution is 2.12. The lowest BCUT2D eigenvalue weighted by Gasteiger charge is -2.07. The largest absolute Gasteiger partial charge is 0.357 e. The summed E-state index contributed by atoms with van der Waals surface area (Å²) in [4.78, 5) is 8.60. The summed E-state index contributed by atoms with van der Waals surface area (Å²) < 4.78 is 0. The van der Waals surface area contributed by atoms with Crippen LogP contribution in [0.5, 0.6) is 0 Å². The van der Waals surface area contributed by atoms with Crippen molar-refractivity contribution in [2.45, 2.75) is 26.7 Å². The Morgan fingerprint density at radius 1 is 1.50 bits per heavy atom. The summed E-state index contributed by atoms with van der Waals surface area (Å²) in [7, 11) is 0. The molecule has 0 aliphatic rings. The van der Waals surface area contributed by atoms with Crippen LogP contribution in [-0.2, 0) is 0 Å². The van der Waals surface area contributed by atoms with E-state index < -0.39 is 0 Å². The number of hydrogen-bond acceptors (Lipinski definition) is 4. The van der Waals surface area contributed by atoms with Crippen LogP contribution in [0.25, 0.3) is 0 Å². The summed E-state index contributed by atoms with van der Waals surface area (Å²) in [5, 5.41) is 11.3. The highest BCUT2D eigenvalue weighted by molar-refractivity contribution is 5.37. The number of rotatable bonds is 3. The lowest BCUT2D eigenvalue weighted by atomic mass is 10.2. The van der Waals surface area contributed by atoms with Crippen LogP contribution in [0.2, 0.25) is 0 Å². The van der Waals surface area contributed by atoms with Gasteiger partial charge in [0.2, 0.25) is 0 Å². The Labute approximate surface area is 84.0 Å². The molecule has 4 heteroatoms. The van der Waals surface area contributed by atoms with Gasteiger partial charge in [-0.2, -0.15) is 5.26 Å². The molecule has 0 atom stereocenters. The molecule has 0 unspecified atom stereocenters. The molecule has 1 aromatic heterocycles. The van der Waals surface area contributed by atoms with Crippen LogP contribution in [0.3, 0.4) is 0 Å². The van der Waals surface area contributed by atoms with Crippen LogP contribution in [0, 0.1) is 18.3 Å². The van der Waals surface area contributed by atoms with Gasteiger partial charge in [0.25, 0.3) is 0 Å². The number of hydrogen-bond donors (Lipinski definition) is 1. The van der Waals surface area contributed by atoms with E-state index in [0.29, 0.717) is 5.92 Å². The predicted octanol–water partition coefficient (Wildman–Crippen LogP) is 1.84. The first-order valence-corrected chi connectivity index (χ1v) is 4.60. The minimum atomic E-state index is 0.272. The van der Waals surface area contributed by atoms with Crippen molar-refractivity contribution >= 4 is 5.82 Å². The molecule has 0 aromatic carbocycles. The fourth-order valence-corrected chi connectivity index (χ4v) is 1.07. The summed E-state index contributed by atoms with van der Waals surface area (Å²) in [5.74, 6) is 1.84. The SMILES string of the molecule is Cc1cc(NCC#N)nc(C(C)C)n1. The minimum absolute atomic E-state index is 0.272. The number of aryl methyl sites for hydroxylation is 1. The second kappa shape index (κ2) is 4.56. The van der Waals surface area contributed by atoms with Crippen LogP contribution in [0.4, 0.5) is 5.82 Å². The maximum absolute atomic E-state index is 8.42. The van der Waals surface area contributed by atoms with Gasteiger partial charge in [0, 0.05) is 17.7 Å². The number of nitrogens with zero attached hydrogens (tertiary/aromatic N) is 3. The van der Waals surface area contributed by atoms with Crippen molar-refractivity contribution in [3.63, 3.8) is 0 Å². The molecule has 0 saturated carbocycles. The summed E-state index contributed by atoms with van der Waals surface area (Å²) >= 11 is 0. The van der Waals surface area contributed by atoms with E-state index in [1.165, 1.54) is 0 Å². The van der Waals surface area contributed by atoms with E-state index in [-0.39, 0.29) is 6.54 Å². The highest BCUT2D eigenvalue weighted by Gasteiger charge is 2.05. The Morgan fingerprint density at radius 3 is 2.79 bits per heavy atom. The van der Waals surface area contributed by atoms with E-state index in [4.69, 9.17) is 5.26 Å². The molecule has 0 radical (unpaired) electrons. The topological polar surface area (TPSA) is 61.6 Å². The molecule has 0 fully saturated rings. The Hall–Kier alpha value is -1.63. The van der Waals surface area contributed by atoms with Gasteiger partial charge in [0.15, 0.2) is 0 Å². The summed E-state index contributed by atoms with van der Waals surface area (Å²) in [5.41, 5.74) is 0.920. The standard InChI is InChI=1S/C10H14N4/c1-7(2)10-13-8(3)6-9(14-10)12-5-4-11/h6-7H,5H2,1-3H3,(H,12,13,14). The molecule has 74 valence electrons. The minimum Gasteiger partial charge on any atom is -0.357 e. The van der Waals surface area contributed by atoms with Gasteiger partial charge in [-0.15, -0.1) is 0 Å². The van der Waals surface area contributed by atoms with Crippen molar-refractivity contribution in [1.29, 1.82) is 5.26 Å². The van der Waals surface area contributed by atoms with Crippen molar-refractivity contribution in [2.24, 2.45) is 0 Å². The third-order valence-corrected chi connectivity index (χ3v) is 1.74. The van der Waals surface area contributed by atoms with Gasteiger partial charge in [0.1, 0.15) is 18.2 Å². The first kappa shape index (κ1) is 10.5. The van der Waals surface area contributed by atoms with Gasteiger partial charge >= 0.3 is 0 Å². The zero-order chi connectivity index (χ0) is 10.6. The monoisotopic (exact) mass is 190 g/mol. The van der Waals surface area contributed by atoms with Gasteiger partial charge in [-0.05, 0) is 6.92 Å². The van der Waals surface area contributed by atoms with Gasteiger partial charge < -0.3 is 5.32 Å². The third kappa shape index (κ3) is 2.70. The second-order valence-electron chi connectivity index (χ2n) is 3.42. The van der Waals surface area contributed by atoms with Crippen molar-refractivity contribution in [1.82, 2.24) is 9.97 Å². The lowest BCUT2D eigenvalue weighted by Crippen LogP contribution is -2.06. The Kier molecular flexibility index (Phi) is 3.41. The lowest BCUT2D eigenvalue weighted by molar-refractivity contribution is 0.767. The van der Waals surface area contributed by atoms with Crippen LogP contribution in [-0.4, -0.2) is 16.5 Å². The van der Waals surface area contributed by atoms with Gasteiger partial charge in [0.05, 0.1) is 6.07 Å². The third-order valence-electron chi connectivity index (χ3n) is 1.74. The Bertz CT molecular complexity index is 352. The number of aromatic nitrogens is 2. The van der Waals surface area contributed by atoms with Crippen LogP contribution < -0.4 is 5.32 Å². The molecular weight excluding hydrogens is 176 g/mol. The maximum Gasteiger partial charge on any atom is 0.133 e. The van der Waals surface area contributed by atoms with Crippen LogP contribution in [0.1, 0.15) is 31.3 Å². The summed E-state index contributed by atoms with van der Waals surface area (Å²) in [6.45, 7) is 6.28. The van der Waals surface area contributed by atoms with Crippen LogP contribution >= 0.6 is 0 Å². The zero-order valence-electron chi connectivity index (χ0n) is 8.70. The number of nitrogens with one attached hydrogen (secondary N) is 1. The average Bonchev–Trinajstić information content (AvgIpc) is 2.14. The first-order valence-electron chi connectivity index (χ1n) is 4.60. The molecule has 4 nitrogen and oxygen atoms in total. The van der Waals surface area contributed by atoms with Gasteiger partial charge in [-0.25, -0.2) is 9.97 Å². The number of anilines is 1. The Morgan fingerprint density at radius 2 is 2.21 bits per heavy atom. The highest BCUT2D eigenvalue weighted by atomic mass is 15.0. The van der Waals surface area contributed by atoms with Crippen molar-refractivity contribution < 1.29 is 0 Å².